The summed E-state index contributed by atoms with van der Waals surface area (Å²) in [5.74, 6) is -1.32. The van der Waals surface area contributed by atoms with Crippen LogP contribution in [0.15, 0.2) is 35.2 Å². The van der Waals surface area contributed by atoms with E-state index >= 15 is 0 Å². The van der Waals surface area contributed by atoms with Crippen LogP contribution in [-0.4, -0.2) is 62.6 Å². The molecule has 154 valence electrons. The number of carboxylic acid groups (broad SMARTS) is 1. The SMILES string of the molecule is CCCN1C(=O)CCN(S(=O)(=O)c2ccc(-n3nc(C(=O)O)cc3C)cc2)C1=S. The van der Waals surface area contributed by atoms with Crippen molar-refractivity contribution in [2.75, 3.05) is 13.1 Å². The summed E-state index contributed by atoms with van der Waals surface area (Å²) < 4.78 is 28.6. The molecule has 0 saturated carbocycles. The zero-order valence-corrected chi connectivity index (χ0v) is 17.5. The highest BCUT2D eigenvalue weighted by Crippen LogP contribution is 2.23. The number of aryl methyl sites for hydroxylation is 1. The minimum absolute atomic E-state index is 0.00218. The molecule has 1 aromatic heterocycles. The average molecular weight is 437 g/mol. The quantitative estimate of drug-likeness (QED) is 0.687. The minimum atomic E-state index is -3.93. The van der Waals surface area contributed by atoms with E-state index < -0.39 is 16.0 Å². The van der Waals surface area contributed by atoms with E-state index in [0.717, 1.165) is 4.31 Å². The number of rotatable bonds is 6. The van der Waals surface area contributed by atoms with Crippen molar-refractivity contribution in [1.82, 2.24) is 19.0 Å². The Morgan fingerprint density at radius 1 is 1.28 bits per heavy atom. The lowest BCUT2D eigenvalue weighted by atomic mass is 10.3. The number of hydrogen-bond acceptors (Lipinski definition) is 6. The molecule has 9 nitrogen and oxygen atoms in total. The van der Waals surface area contributed by atoms with Crippen molar-refractivity contribution >= 4 is 39.2 Å². The summed E-state index contributed by atoms with van der Waals surface area (Å²) >= 11 is 5.27. The van der Waals surface area contributed by atoms with Gasteiger partial charge in [0, 0.05) is 25.2 Å². The Labute approximate surface area is 173 Å². The number of sulfonamides is 1. The first-order chi connectivity index (χ1) is 13.7. The predicted octanol–water partition coefficient (Wildman–Crippen LogP) is 1.80. The smallest absolute Gasteiger partial charge is 0.356 e. The van der Waals surface area contributed by atoms with Gasteiger partial charge < -0.3 is 5.11 Å². The van der Waals surface area contributed by atoms with Gasteiger partial charge in [0.2, 0.25) is 5.91 Å². The number of nitrogens with zero attached hydrogens (tertiary/aromatic N) is 4. The molecule has 2 heterocycles. The van der Waals surface area contributed by atoms with Crippen molar-refractivity contribution in [3.8, 4) is 5.69 Å². The molecule has 0 spiro atoms. The first-order valence-corrected chi connectivity index (χ1v) is 10.8. The number of aromatic nitrogens is 2. The largest absolute Gasteiger partial charge is 0.476 e. The van der Waals surface area contributed by atoms with Gasteiger partial charge in [0.1, 0.15) is 0 Å². The summed E-state index contributed by atoms with van der Waals surface area (Å²) in [6.07, 6.45) is 0.734. The van der Waals surface area contributed by atoms with Crippen LogP contribution in [0.1, 0.15) is 35.9 Å². The molecule has 0 unspecified atom stereocenters. The van der Waals surface area contributed by atoms with Crippen molar-refractivity contribution in [2.45, 2.75) is 31.6 Å². The molecule has 11 heteroatoms. The fourth-order valence-corrected chi connectivity index (χ4v) is 5.01. The second-order valence-electron chi connectivity index (χ2n) is 6.54. The molecule has 1 aliphatic heterocycles. The van der Waals surface area contributed by atoms with Crippen molar-refractivity contribution < 1.29 is 23.1 Å². The Hall–Kier alpha value is -2.79. The third-order valence-electron chi connectivity index (χ3n) is 4.50. The van der Waals surface area contributed by atoms with E-state index in [-0.39, 0.29) is 34.6 Å². The van der Waals surface area contributed by atoms with Crippen LogP contribution < -0.4 is 0 Å². The molecule has 29 heavy (non-hydrogen) atoms. The number of carbonyl (C=O) groups excluding carboxylic acids is 1. The molecule has 0 aliphatic carbocycles. The van der Waals surface area contributed by atoms with E-state index in [0.29, 0.717) is 24.3 Å². The number of amides is 1. The molecule has 0 radical (unpaired) electrons. The maximum Gasteiger partial charge on any atom is 0.356 e. The molecule has 1 saturated heterocycles. The predicted molar refractivity (Wildman–Crippen MR) is 108 cm³/mol. The first-order valence-electron chi connectivity index (χ1n) is 8.94. The summed E-state index contributed by atoms with van der Waals surface area (Å²) in [7, 11) is -3.93. The van der Waals surface area contributed by atoms with Gasteiger partial charge in [0.15, 0.2) is 10.8 Å². The highest BCUT2D eigenvalue weighted by molar-refractivity contribution is 7.91. The van der Waals surface area contributed by atoms with Crippen molar-refractivity contribution in [3.63, 3.8) is 0 Å². The Balaban J connectivity index is 1.90. The van der Waals surface area contributed by atoms with Crippen LogP contribution in [0.2, 0.25) is 0 Å². The summed E-state index contributed by atoms with van der Waals surface area (Å²) in [5, 5.41) is 13.1. The standard InChI is InChI=1S/C18H20N4O5S2/c1-3-9-20-16(23)8-10-21(18(20)28)29(26,27)14-6-4-13(5-7-14)22-12(2)11-15(19-22)17(24)25/h4-7,11H,3,8-10H2,1-2H3,(H,24,25). The Morgan fingerprint density at radius 3 is 2.48 bits per heavy atom. The molecule has 1 aromatic carbocycles. The van der Waals surface area contributed by atoms with Crippen LogP contribution in [0.3, 0.4) is 0 Å². The van der Waals surface area contributed by atoms with Gasteiger partial charge in [-0.3, -0.25) is 9.69 Å². The van der Waals surface area contributed by atoms with Gasteiger partial charge in [-0.2, -0.15) is 5.10 Å². The van der Waals surface area contributed by atoms with E-state index in [4.69, 9.17) is 17.3 Å². The van der Waals surface area contributed by atoms with Gasteiger partial charge >= 0.3 is 5.97 Å². The Morgan fingerprint density at radius 2 is 1.93 bits per heavy atom. The van der Waals surface area contributed by atoms with Crippen molar-refractivity contribution in [1.29, 1.82) is 0 Å². The number of thiocarbonyl (C=S) groups is 1. The molecule has 0 bridgehead atoms. The number of hydrogen-bond donors (Lipinski definition) is 1. The summed E-state index contributed by atoms with van der Waals surface area (Å²) in [4.78, 5) is 24.5. The van der Waals surface area contributed by atoms with Crippen molar-refractivity contribution in [2.24, 2.45) is 0 Å². The lowest BCUT2D eigenvalue weighted by Gasteiger charge is -2.36. The van der Waals surface area contributed by atoms with Crippen LogP contribution in [-0.2, 0) is 14.8 Å². The van der Waals surface area contributed by atoms with Crippen LogP contribution >= 0.6 is 12.2 Å². The molecule has 0 atom stereocenters. The van der Waals surface area contributed by atoms with E-state index in [9.17, 15) is 18.0 Å². The highest BCUT2D eigenvalue weighted by atomic mass is 32.2. The van der Waals surface area contributed by atoms with Crippen LogP contribution in [0.25, 0.3) is 5.69 Å². The Kier molecular flexibility index (Phi) is 5.71. The maximum absolute atomic E-state index is 13.1. The van der Waals surface area contributed by atoms with Gasteiger partial charge in [-0.05, 0) is 55.9 Å². The van der Waals surface area contributed by atoms with Gasteiger partial charge in [-0.25, -0.2) is 22.2 Å². The lowest BCUT2D eigenvalue weighted by Crippen LogP contribution is -2.54. The molecule has 3 rings (SSSR count). The van der Waals surface area contributed by atoms with Crippen LogP contribution in [0.4, 0.5) is 0 Å². The third kappa shape index (κ3) is 3.87. The molecule has 1 fully saturated rings. The first kappa shape index (κ1) is 20.9. The number of carbonyl (C=O) groups is 2. The zero-order valence-electron chi connectivity index (χ0n) is 15.9. The van der Waals surface area contributed by atoms with E-state index in [2.05, 4.69) is 5.10 Å². The lowest BCUT2D eigenvalue weighted by molar-refractivity contribution is -0.128. The van der Waals surface area contributed by atoms with Gasteiger partial charge in [-0.1, -0.05) is 6.92 Å². The van der Waals surface area contributed by atoms with Gasteiger partial charge in [0.25, 0.3) is 10.0 Å². The summed E-state index contributed by atoms with van der Waals surface area (Å²) in [6, 6.07) is 7.34. The second kappa shape index (κ2) is 7.91. The van der Waals surface area contributed by atoms with Gasteiger partial charge in [0.05, 0.1) is 10.6 Å². The third-order valence-corrected chi connectivity index (χ3v) is 6.86. The number of aromatic carboxylic acids is 1. The number of carboxylic acids is 1. The normalized spacial score (nSPS) is 15.1. The highest BCUT2D eigenvalue weighted by Gasteiger charge is 2.36. The molecule has 1 aliphatic rings. The average Bonchev–Trinajstić information content (AvgIpc) is 3.07. The second-order valence-corrected chi connectivity index (χ2v) is 8.76. The maximum atomic E-state index is 13.1. The van der Waals surface area contributed by atoms with Crippen molar-refractivity contribution in [3.05, 3.63) is 41.7 Å². The zero-order chi connectivity index (χ0) is 21.3. The van der Waals surface area contributed by atoms with Gasteiger partial charge in [-0.15, -0.1) is 0 Å². The molecule has 1 N–H and O–H groups in total. The molecule has 1 amide bonds. The number of benzene rings is 1. The van der Waals surface area contributed by atoms with Crippen LogP contribution in [0, 0.1) is 6.92 Å². The topological polar surface area (TPSA) is 113 Å². The fourth-order valence-electron chi connectivity index (χ4n) is 3.06. The summed E-state index contributed by atoms with van der Waals surface area (Å²) in [6.45, 7) is 3.96. The summed E-state index contributed by atoms with van der Waals surface area (Å²) in [5.41, 5.74) is 1.03. The molecular formula is C18H20N4O5S2. The van der Waals surface area contributed by atoms with E-state index in [1.165, 1.54) is 27.8 Å². The monoisotopic (exact) mass is 436 g/mol. The Bertz CT molecular complexity index is 1080. The molecule has 2 aromatic rings. The van der Waals surface area contributed by atoms with E-state index in [1.54, 1.807) is 19.1 Å². The van der Waals surface area contributed by atoms with Crippen LogP contribution in [0.5, 0.6) is 0 Å². The fraction of sp³-hybridized carbons (Fsp3) is 0.333. The minimum Gasteiger partial charge on any atom is -0.476 e. The van der Waals surface area contributed by atoms with E-state index in [1.807, 2.05) is 6.92 Å². The molecular weight excluding hydrogens is 416 g/mol.